The van der Waals surface area contributed by atoms with Gasteiger partial charge in [-0.25, -0.2) is 14.0 Å². The van der Waals surface area contributed by atoms with Gasteiger partial charge >= 0.3 is 17.7 Å². The third kappa shape index (κ3) is 5.67. The summed E-state index contributed by atoms with van der Waals surface area (Å²) in [5.74, 6) is -1.79. The maximum absolute atomic E-state index is 13.1. The highest BCUT2D eigenvalue weighted by atomic mass is 79.9. The molecule has 1 saturated heterocycles. The molecule has 4 rings (SSSR count). The maximum atomic E-state index is 13.1. The second-order valence-corrected chi connectivity index (χ2v) is 8.51. The number of rotatable bonds is 8. The largest absolute Gasteiger partial charge is 0.481 e. The summed E-state index contributed by atoms with van der Waals surface area (Å²) in [6.07, 6.45) is 1.28. The van der Waals surface area contributed by atoms with Crippen LogP contribution in [0, 0.1) is 15.9 Å². The van der Waals surface area contributed by atoms with Crippen molar-refractivity contribution in [3.8, 4) is 5.75 Å². The van der Waals surface area contributed by atoms with Crippen LogP contribution in [0.2, 0.25) is 0 Å². The summed E-state index contributed by atoms with van der Waals surface area (Å²) >= 11 is 3.25. The Morgan fingerprint density at radius 1 is 1.22 bits per heavy atom. The summed E-state index contributed by atoms with van der Waals surface area (Å²) in [5.41, 5.74) is 0.335. The van der Waals surface area contributed by atoms with E-state index in [0.29, 0.717) is 5.56 Å². The number of halogens is 2. The Kier molecular flexibility index (Phi) is 7.34. The van der Waals surface area contributed by atoms with E-state index >= 15 is 0 Å². The Labute approximate surface area is 216 Å². The van der Waals surface area contributed by atoms with Crippen LogP contribution in [0.5, 0.6) is 5.75 Å². The number of esters is 1. The molecule has 1 aliphatic rings. The molecule has 1 aromatic heterocycles. The smallest absolute Gasteiger partial charge is 0.373 e. The minimum absolute atomic E-state index is 0.0475. The number of ether oxygens (including phenoxy) is 2. The minimum atomic E-state index is -0.736. The molecule has 13 heteroatoms. The molecule has 2 aromatic carbocycles. The van der Waals surface area contributed by atoms with Gasteiger partial charge in [0.25, 0.3) is 5.91 Å². The molecular weight excluding hydrogens is 557 g/mol. The zero-order chi connectivity index (χ0) is 26.7. The first-order valence-corrected chi connectivity index (χ1v) is 11.3. The Morgan fingerprint density at radius 3 is 2.62 bits per heavy atom. The van der Waals surface area contributed by atoms with Crippen molar-refractivity contribution >= 4 is 45.6 Å². The van der Waals surface area contributed by atoms with Gasteiger partial charge in [0.15, 0.2) is 0 Å². The fraction of sp³-hybridized carbons (Fsp3) is 0.125. The van der Waals surface area contributed by atoms with Gasteiger partial charge in [-0.15, -0.1) is 0 Å². The molecule has 0 radical (unpaired) electrons. The molecule has 3 aromatic rings. The molecule has 0 bridgehead atoms. The van der Waals surface area contributed by atoms with E-state index in [9.17, 15) is 28.9 Å². The number of nitrogens with one attached hydrogen (secondary N) is 1. The number of nitro benzene ring substituents is 1. The molecule has 2 heterocycles. The molecule has 190 valence electrons. The molecule has 0 saturated carbocycles. The number of benzene rings is 2. The normalized spacial score (nSPS) is 14.1. The lowest BCUT2D eigenvalue weighted by Crippen LogP contribution is -2.30. The Hall–Kier alpha value is -4.52. The van der Waals surface area contributed by atoms with Crippen LogP contribution in [0.3, 0.4) is 0 Å². The number of amides is 3. The first kappa shape index (κ1) is 25.6. The van der Waals surface area contributed by atoms with Crippen LogP contribution in [-0.2, 0) is 22.7 Å². The number of imide groups is 1. The van der Waals surface area contributed by atoms with Crippen molar-refractivity contribution in [2.75, 3.05) is 7.11 Å². The lowest BCUT2D eigenvalue weighted by molar-refractivity contribution is -0.386. The summed E-state index contributed by atoms with van der Waals surface area (Å²) in [4.78, 5) is 48.7. The molecule has 37 heavy (non-hydrogen) atoms. The predicted octanol–water partition coefficient (Wildman–Crippen LogP) is 4.55. The van der Waals surface area contributed by atoms with Crippen molar-refractivity contribution in [2.24, 2.45) is 0 Å². The van der Waals surface area contributed by atoms with E-state index in [1.165, 1.54) is 61.7 Å². The highest BCUT2D eigenvalue weighted by Gasteiger charge is 2.34. The van der Waals surface area contributed by atoms with Gasteiger partial charge in [0.1, 0.15) is 23.9 Å². The van der Waals surface area contributed by atoms with Crippen LogP contribution in [-0.4, -0.2) is 34.8 Å². The van der Waals surface area contributed by atoms with Gasteiger partial charge in [0.05, 0.1) is 23.1 Å². The van der Waals surface area contributed by atoms with E-state index in [0.717, 1.165) is 4.90 Å². The zero-order valence-corrected chi connectivity index (χ0v) is 20.6. The highest BCUT2D eigenvalue weighted by molar-refractivity contribution is 9.10. The van der Waals surface area contributed by atoms with Gasteiger partial charge in [0.2, 0.25) is 11.5 Å². The Balaban J connectivity index is 1.54. The SMILES string of the molecule is COC(=O)c1ccc(CN2C(=O)N/C(=C\c3cc(Br)c(OCc4ccc(F)cc4)c([N+](=O)[O-])c3)C2=O)o1. The summed E-state index contributed by atoms with van der Waals surface area (Å²) in [5, 5.41) is 14.1. The quantitative estimate of drug-likeness (QED) is 0.136. The first-order chi connectivity index (χ1) is 17.7. The lowest BCUT2D eigenvalue weighted by Gasteiger charge is -2.10. The Bertz CT molecular complexity index is 1430. The number of carbonyl (C=O) groups is 3. The number of furan rings is 1. The van der Waals surface area contributed by atoms with Crippen LogP contribution in [0.25, 0.3) is 6.08 Å². The van der Waals surface area contributed by atoms with E-state index in [4.69, 9.17) is 9.15 Å². The van der Waals surface area contributed by atoms with E-state index in [2.05, 4.69) is 26.0 Å². The molecule has 1 N–H and O–H groups in total. The van der Waals surface area contributed by atoms with Crippen molar-refractivity contribution in [1.82, 2.24) is 10.2 Å². The van der Waals surface area contributed by atoms with Crippen LogP contribution in [0.1, 0.15) is 27.4 Å². The van der Waals surface area contributed by atoms with Crippen molar-refractivity contribution in [3.63, 3.8) is 0 Å². The average molecular weight is 574 g/mol. The number of hydrogen-bond donors (Lipinski definition) is 1. The van der Waals surface area contributed by atoms with Crippen molar-refractivity contribution in [2.45, 2.75) is 13.2 Å². The van der Waals surface area contributed by atoms with E-state index in [-0.39, 0.29) is 51.8 Å². The topological polar surface area (TPSA) is 141 Å². The number of carbonyl (C=O) groups excluding carboxylic acids is 3. The molecular formula is C24H17BrFN3O8. The lowest BCUT2D eigenvalue weighted by atomic mass is 10.1. The van der Waals surface area contributed by atoms with Crippen molar-refractivity contribution < 1.29 is 37.6 Å². The summed E-state index contributed by atoms with van der Waals surface area (Å²) in [7, 11) is 1.19. The summed E-state index contributed by atoms with van der Waals surface area (Å²) < 4.78 is 28.8. The molecule has 11 nitrogen and oxygen atoms in total. The van der Waals surface area contributed by atoms with Gasteiger partial charge in [-0.3, -0.25) is 19.8 Å². The van der Waals surface area contributed by atoms with E-state index < -0.39 is 28.6 Å². The number of hydrogen-bond acceptors (Lipinski definition) is 8. The third-order valence-electron chi connectivity index (χ3n) is 5.17. The van der Waals surface area contributed by atoms with Gasteiger partial charge < -0.3 is 19.2 Å². The molecule has 0 atom stereocenters. The molecule has 0 spiro atoms. The predicted molar refractivity (Wildman–Crippen MR) is 129 cm³/mol. The van der Waals surface area contributed by atoms with Crippen LogP contribution in [0.4, 0.5) is 14.9 Å². The third-order valence-corrected chi connectivity index (χ3v) is 5.76. The Morgan fingerprint density at radius 2 is 1.95 bits per heavy atom. The van der Waals surface area contributed by atoms with Crippen LogP contribution < -0.4 is 10.1 Å². The minimum Gasteiger partial charge on any atom is -0.481 e. The number of nitro groups is 1. The summed E-state index contributed by atoms with van der Waals surface area (Å²) in [6.45, 7) is -0.298. The zero-order valence-electron chi connectivity index (χ0n) is 19.0. The summed E-state index contributed by atoms with van der Waals surface area (Å²) in [6, 6.07) is 10.2. The van der Waals surface area contributed by atoms with Crippen molar-refractivity contribution in [1.29, 1.82) is 0 Å². The molecule has 0 aliphatic carbocycles. The molecule has 1 fully saturated rings. The average Bonchev–Trinajstić information content (AvgIpc) is 3.44. The van der Waals surface area contributed by atoms with Gasteiger partial charge in [-0.1, -0.05) is 12.1 Å². The fourth-order valence-electron chi connectivity index (χ4n) is 3.41. The van der Waals surface area contributed by atoms with Gasteiger partial charge in [-0.05, 0) is 63.5 Å². The number of methoxy groups -OCH3 is 1. The van der Waals surface area contributed by atoms with Crippen LogP contribution >= 0.6 is 15.9 Å². The fourth-order valence-corrected chi connectivity index (χ4v) is 3.99. The maximum Gasteiger partial charge on any atom is 0.373 e. The highest BCUT2D eigenvalue weighted by Crippen LogP contribution is 2.37. The van der Waals surface area contributed by atoms with Crippen LogP contribution in [0.15, 0.2) is 63.1 Å². The van der Waals surface area contributed by atoms with Gasteiger partial charge in [-0.2, -0.15) is 0 Å². The first-order valence-electron chi connectivity index (χ1n) is 10.5. The van der Waals surface area contributed by atoms with Gasteiger partial charge in [0, 0.05) is 6.07 Å². The van der Waals surface area contributed by atoms with Crippen molar-refractivity contribution in [3.05, 3.63) is 97.3 Å². The number of nitrogens with zero attached hydrogens (tertiary/aromatic N) is 2. The molecule has 3 amide bonds. The van der Waals surface area contributed by atoms with E-state index in [1.807, 2.05) is 0 Å². The standard InChI is InChI=1S/C24H17BrFN3O8/c1-35-23(31)20-7-6-16(37-20)11-28-22(30)18(27-24(28)32)9-14-8-17(25)21(19(10-14)29(33)34)36-12-13-2-4-15(26)5-3-13/h2-10H,11-12H2,1H3,(H,27,32)/b18-9-. The van der Waals surface area contributed by atoms with E-state index in [1.54, 1.807) is 0 Å². The number of urea groups is 1. The monoisotopic (exact) mass is 573 g/mol. The molecule has 1 aliphatic heterocycles. The molecule has 0 unspecified atom stereocenters. The second kappa shape index (κ2) is 10.6. The second-order valence-electron chi connectivity index (χ2n) is 7.66.